The normalized spacial score (nSPS) is 11.9. The van der Waals surface area contributed by atoms with Crippen LogP contribution in [0.3, 0.4) is 0 Å². The number of rotatable bonds is 14. The zero-order valence-corrected chi connectivity index (χ0v) is 27.5. The highest BCUT2D eigenvalue weighted by atomic mass is 35.5. The number of carbonyl (C=O) groups excluding carboxylic acids is 2. The van der Waals surface area contributed by atoms with Crippen LogP contribution in [0.15, 0.2) is 108 Å². The van der Waals surface area contributed by atoms with Crippen LogP contribution in [-0.4, -0.2) is 44.3 Å². The Labute approximate surface area is 271 Å². The molecule has 4 rings (SSSR count). The maximum absolute atomic E-state index is 14.5. The number of anilines is 1. The Morgan fingerprint density at radius 3 is 2.11 bits per heavy atom. The van der Waals surface area contributed by atoms with Gasteiger partial charge in [0, 0.05) is 24.5 Å². The van der Waals surface area contributed by atoms with E-state index < -0.39 is 28.5 Å². The van der Waals surface area contributed by atoms with Crippen molar-refractivity contribution < 1.29 is 18.0 Å². The van der Waals surface area contributed by atoms with Crippen molar-refractivity contribution in [1.29, 1.82) is 0 Å². The van der Waals surface area contributed by atoms with E-state index in [0.29, 0.717) is 11.6 Å². The van der Waals surface area contributed by atoms with Crippen LogP contribution < -0.4 is 9.62 Å². The third-order valence-electron chi connectivity index (χ3n) is 7.63. The summed E-state index contributed by atoms with van der Waals surface area (Å²) in [5.74, 6) is -0.804. The van der Waals surface area contributed by atoms with Crippen molar-refractivity contribution in [2.75, 3.05) is 17.4 Å². The summed E-state index contributed by atoms with van der Waals surface area (Å²) in [5.41, 5.74) is 3.80. The fourth-order valence-corrected chi connectivity index (χ4v) is 6.54. The maximum atomic E-state index is 14.5. The number of amides is 2. The van der Waals surface area contributed by atoms with Crippen LogP contribution in [0.2, 0.25) is 5.02 Å². The Bertz CT molecular complexity index is 1680. The summed E-state index contributed by atoms with van der Waals surface area (Å²) in [6, 6.07) is 29.3. The lowest BCUT2D eigenvalue weighted by atomic mass is 10.0. The molecule has 4 aromatic carbocycles. The molecule has 45 heavy (non-hydrogen) atoms. The van der Waals surface area contributed by atoms with Crippen LogP contribution in [0.5, 0.6) is 0 Å². The smallest absolute Gasteiger partial charge is 0.264 e. The molecule has 0 aromatic heterocycles. The van der Waals surface area contributed by atoms with E-state index in [-0.39, 0.29) is 29.5 Å². The number of benzene rings is 4. The van der Waals surface area contributed by atoms with E-state index in [9.17, 15) is 18.0 Å². The van der Waals surface area contributed by atoms with Crippen LogP contribution in [0.4, 0.5) is 5.69 Å². The molecule has 0 radical (unpaired) electrons. The molecular weight excluding hydrogens is 606 g/mol. The Kier molecular flexibility index (Phi) is 11.8. The van der Waals surface area contributed by atoms with Gasteiger partial charge in [0.1, 0.15) is 12.6 Å². The number of nitrogens with zero attached hydrogens (tertiary/aromatic N) is 2. The second-order valence-corrected chi connectivity index (χ2v) is 13.4. The SMILES string of the molecule is CCCCNC(=O)C(Cc1ccccc1)N(Cc1ccc(C)cc1)C(=O)CN(c1ccc(C)c(Cl)c1)S(=O)(=O)c1ccccc1. The summed E-state index contributed by atoms with van der Waals surface area (Å²) >= 11 is 6.45. The van der Waals surface area contributed by atoms with Gasteiger partial charge < -0.3 is 10.2 Å². The lowest BCUT2D eigenvalue weighted by Crippen LogP contribution is -2.53. The lowest BCUT2D eigenvalue weighted by Gasteiger charge is -2.34. The van der Waals surface area contributed by atoms with Gasteiger partial charge in [-0.3, -0.25) is 13.9 Å². The number of carbonyl (C=O) groups is 2. The first-order chi connectivity index (χ1) is 21.6. The van der Waals surface area contributed by atoms with Crippen molar-refractivity contribution in [3.63, 3.8) is 0 Å². The minimum atomic E-state index is -4.19. The summed E-state index contributed by atoms with van der Waals surface area (Å²) < 4.78 is 29.2. The number of sulfonamides is 1. The van der Waals surface area contributed by atoms with Gasteiger partial charge in [0.05, 0.1) is 10.6 Å². The van der Waals surface area contributed by atoms with E-state index >= 15 is 0 Å². The van der Waals surface area contributed by atoms with Crippen LogP contribution in [-0.2, 0) is 32.6 Å². The average Bonchev–Trinajstić information content (AvgIpc) is 3.04. The van der Waals surface area contributed by atoms with Crippen LogP contribution in [0.1, 0.15) is 42.0 Å². The van der Waals surface area contributed by atoms with Crippen molar-refractivity contribution >= 4 is 39.1 Å². The fraction of sp³-hybridized carbons (Fsp3) is 0.278. The Morgan fingerprint density at radius 1 is 0.844 bits per heavy atom. The molecular formula is C36H40ClN3O4S. The van der Waals surface area contributed by atoms with Gasteiger partial charge in [-0.1, -0.05) is 109 Å². The minimum Gasteiger partial charge on any atom is -0.354 e. The molecule has 0 saturated heterocycles. The summed E-state index contributed by atoms with van der Waals surface area (Å²) in [6.45, 7) is 5.90. The molecule has 0 spiro atoms. The van der Waals surface area contributed by atoms with E-state index in [1.807, 2.05) is 75.4 Å². The van der Waals surface area contributed by atoms with Gasteiger partial charge in [-0.2, -0.15) is 0 Å². The quantitative estimate of drug-likeness (QED) is 0.155. The molecule has 0 bridgehead atoms. The number of hydrogen-bond donors (Lipinski definition) is 1. The predicted octanol–water partition coefficient (Wildman–Crippen LogP) is 6.71. The molecule has 1 unspecified atom stereocenters. The zero-order valence-electron chi connectivity index (χ0n) is 25.9. The molecule has 4 aromatic rings. The van der Waals surface area contributed by atoms with Crippen LogP contribution >= 0.6 is 11.6 Å². The zero-order chi connectivity index (χ0) is 32.4. The molecule has 236 valence electrons. The first-order valence-electron chi connectivity index (χ1n) is 15.1. The molecule has 0 heterocycles. The van der Waals surface area contributed by atoms with E-state index in [2.05, 4.69) is 5.32 Å². The molecule has 0 aliphatic carbocycles. The topological polar surface area (TPSA) is 86.8 Å². The van der Waals surface area contributed by atoms with Gasteiger partial charge in [0.2, 0.25) is 11.8 Å². The Hall–Kier alpha value is -4.14. The molecule has 0 fully saturated rings. The van der Waals surface area contributed by atoms with Crippen LogP contribution in [0, 0.1) is 13.8 Å². The Balaban J connectivity index is 1.79. The van der Waals surface area contributed by atoms with E-state index in [4.69, 9.17) is 11.6 Å². The first kappa shape index (κ1) is 33.7. The number of hydrogen-bond acceptors (Lipinski definition) is 4. The number of unbranched alkanes of at least 4 members (excludes halogenated alkanes) is 1. The van der Waals surface area contributed by atoms with Gasteiger partial charge in [0.25, 0.3) is 10.0 Å². The third-order valence-corrected chi connectivity index (χ3v) is 9.82. The molecule has 9 heteroatoms. The van der Waals surface area contributed by atoms with E-state index in [1.165, 1.54) is 17.0 Å². The summed E-state index contributed by atoms with van der Waals surface area (Å²) in [5, 5.41) is 3.38. The predicted molar refractivity (Wildman–Crippen MR) is 181 cm³/mol. The Morgan fingerprint density at radius 2 is 1.49 bits per heavy atom. The van der Waals surface area contributed by atoms with Gasteiger partial charge >= 0.3 is 0 Å². The average molecular weight is 646 g/mol. The highest BCUT2D eigenvalue weighted by molar-refractivity contribution is 7.92. The molecule has 2 amide bonds. The molecule has 0 aliphatic rings. The second-order valence-electron chi connectivity index (χ2n) is 11.1. The monoisotopic (exact) mass is 645 g/mol. The van der Waals surface area contributed by atoms with E-state index in [1.54, 1.807) is 36.4 Å². The van der Waals surface area contributed by atoms with E-state index in [0.717, 1.165) is 39.4 Å². The number of aryl methyl sites for hydroxylation is 2. The molecule has 0 aliphatic heterocycles. The minimum absolute atomic E-state index is 0.0396. The first-order valence-corrected chi connectivity index (χ1v) is 16.9. The van der Waals surface area contributed by atoms with Crippen molar-refractivity contribution in [2.45, 2.75) is 57.5 Å². The van der Waals surface area contributed by atoms with Crippen molar-refractivity contribution in [1.82, 2.24) is 10.2 Å². The van der Waals surface area contributed by atoms with Crippen molar-refractivity contribution in [3.05, 3.63) is 130 Å². The highest BCUT2D eigenvalue weighted by Gasteiger charge is 2.34. The molecule has 1 N–H and O–H groups in total. The van der Waals surface area contributed by atoms with Gasteiger partial charge in [0.15, 0.2) is 0 Å². The van der Waals surface area contributed by atoms with Gasteiger partial charge in [-0.05, 0) is 61.2 Å². The number of nitrogens with one attached hydrogen (secondary N) is 1. The van der Waals surface area contributed by atoms with Gasteiger partial charge in [-0.15, -0.1) is 0 Å². The standard InChI is InChI=1S/C36H40ClN3O4S/c1-4-5-22-38-36(42)34(23-29-12-8-6-9-13-29)39(25-30-19-16-27(2)17-20-30)35(41)26-40(31-21-18-28(3)33(37)24-31)45(43,44)32-14-10-7-11-15-32/h6-21,24,34H,4-5,22-23,25-26H2,1-3H3,(H,38,42). The summed E-state index contributed by atoms with van der Waals surface area (Å²) in [6.07, 6.45) is 1.96. The highest BCUT2D eigenvalue weighted by Crippen LogP contribution is 2.29. The largest absolute Gasteiger partial charge is 0.354 e. The summed E-state index contributed by atoms with van der Waals surface area (Å²) in [4.78, 5) is 29.9. The maximum Gasteiger partial charge on any atom is 0.264 e. The second kappa shape index (κ2) is 15.7. The van der Waals surface area contributed by atoms with Crippen molar-refractivity contribution in [2.24, 2.45) is 0 Å². The third kappa shape index (κ3) is 8.96. The molecule has 0 saturated carbocycles. The van der Waals surface area contributed by atoms with Crippen molar-refractivity contribution in [3.8, 4) is 0 Å². The molecule has 7 nitrogen and oxygen atoms in total. The number of halogens is 1. The summed E-state index contributed by atoms with van der Waals surface area (Å²) in [7, 11) is -4.19. The lowest BCUT2D eigenvalue weighted by molar-refractivity contribution is -0.140. The fourth-order valence-electron chi connectivity index (χ4n) is 4.94. The van der Waals surface area contributed by atoms with Crippen LogP contribution in [0.25, 0.3) is 0 Å². The van der Waals surface area contributed by atoms with Gasteiger partial charge in [-0.25, -0.2) is 8.42 Å². The molecule has 1 atom stereocenters.